The molecule has 0 aliphatic carbocycles. The second-order valence-corrected chi connectivity index (χ2v) is 6.59. The highest BCUT2D eigenvalue weighted by Crippen LogP contribution is 2.20. The molecule has 1 unspecified atom stereocenters. The molecule has 1 saturated heterocycles. The van der Waals surface area contributed by atoms with Gasteiger partial charge in [-0.05, 0) is 31.5 Å². The molecule has 1 fully saturated rings. The van der Waals surface area contributed by atoms with E-state index in [1.165, 1.54) is 28.6 Å². The molecule has 0 amide bonds. The van der Waals surface area contributed by atoms with Crippen molar-refractivity contribution in [1.82, 2.24) is 9.62 Å². The summed E-state index contributed by atoms with van der Waals surface area (Å²) in [6.45, 7) is 3.43. The summed E-state index contributed by atoms with van der Waals surface area (Å²) in [4.78, 5) is -0.241. The van der Waals surface area contributed by atoms with Gasteiger partial charge in [0.15, 0.2) is 0 Å². The Labute approximate surface area is 113 Å². The number of halogens is 1. The molecule has 1 N–H and O–H groups in total. The summed E-state index contributed by atoms with van der Waals surface area (Å²) in [6.07, 6.45) is 2.02. The van der Waals surface area contributed by atoms with E-state index >= 15 is 0 Å². The fraction of sp³-hybridized carbons (Fsp3) is 0.538. The maximum atomic E-state index is 13.7. The van der Waals surface area contributed by atoms with Crippen molar-refractivity contribution in [3.8, 4) is 0 Å². The number of sulfonamides is 1. The van der Waals surface area contributed by atoms with Crippen LogP contribution in [0.2, 0.25) is 0 Å². The molecule has 19 heavy (non-hydrogen) atoms. The van der Waals surface area contributed by atoms with E-state index in [2.05, 4.69) is 5.32 Å². The Kier molecular flexibility index (Phi) is 4.54. The maximum Gasteiger partial charge on any atom is 0.246 e. The minimum atomic E-state index is -3.75. The minimum absolute atomic E-state index is 0.168. The Morgan fingerprint density at radius 1 is 1.42 bits per heavy atom. The fourth-order valence-electron chi connectivity index (χ4n) is 2.35. The van der Waals surface area contributed by atoms with Crippen LogP contribution in [0.4, 0.5) is 4.39 Å². The van der Waals surface area contributed by atoms with Gasteiger partial charge in [-0.1, -0.05) is 19.1 Å². The van der Waals surface area contributed by atoms with Crippen LogP contribution in [0.5, 0.6) is 0 Å². The van der Waals surface area contributed by atoms with Crippen molar-refractivity contribution >= 4 is 10.0 Å². The van der Waals surface area contributed by atoms with E-state index in [-0.39, 0.29) is 10.9 Å². The Hall–Kier alpha value is -0.980. The standard InChI is InChI=1S/C13H19FN2O2S/c1-2-16(10-11-6-5-9-15-11)19(17,18)13-8-4-3-7-12(13)14/h3-4,7-8,11,15H,2,5-6,9-10H2,1H3. The first-order chi connectivity index (χ1) is 9.05. The van der Waals surface area contributed by atoms with Crippen LogP contribution in [0, 0.1) is 5.82 Å². The molecule has 0 radical (unpaired) electrons. The molecule has 0 spiro atoms. The monoisotopic (exact) mass is 286 g/mol. The lowest BCUT2D eigenvalue weighted by atomic mass is 10.2. The second-order valence-electron chi connectivity index (χ2n) is 4.68. The van der Waals surface area contributed by atoms with Crippen LogP contribution in [-0.4, -0.2) is 38.4 Å². The molecule has 0 saturated carbocycles. The van der Waals surface area contributed by atoms with Gasteiger partial charge in [-0.15, -0.1) is 0 Å². The zero-order valence-corrected chi connectivity index (χ0v) is 11.8. The van der Waals surface area contributed by atoms with Crippen molar-refractivity contribution < 1.29 is 12.8 Å². The fourth-order valence-corrected chi connectivity index (χ4v) is 3.91. The molecule has 4 nitrogen and oxygen atoms in total. The molecule has 6 heteroatoms. The minimum Gasteiger partial charge on any atom is -0.313 e. The lowest BCUT2D eigenvalue weighted by Gasteiger charge is -2.24. The first kappa shape index (κ1) is 14.4. The Morgan fingerprint density at radius 2 is 2.16 bits per heavy atom. The van der Waals surface area contributed by atoms with Crippen LogP contribution in [0.1, 0.15) is 19.8 Å². The Bertz CT molecular complexity index is 527. The molecule has 0 bridgehead atoms. The third kappa shape index (κ3) is 3.13. The van der Waals surface area contributed by atoms with Crippen LogP contribution in [0.15, 0.2) is 29.2 Å². The molecule has 1 heterocycles. The van der Waals surface area contributed by atoms with Crippen molar-refractivity contribution in [3.05, 3.63) is 30.1 Å². The molecule has 1 atom stereocenters. The molecule has 0 aromatic heterocycles. The van der Waals surface area contributed by atoms with Gasteiger partial charge in [-0.3, -0.25) is 0 Å². The van der Waals surface area contributed by atoms with Crippen LogP contribution in [0.25, 0.3) is 0 Å². The summed E-state index contributed by atoms with van der Waals surface area (Å²) in [5.41, 5.74) is 0. The number of hydrogen-bond acceptors (Lipinski definition) is 3. The van der Waals surface area contributed by atoms with Crippen molar-refractivity contribution in [2.75, 3.05) is 19.6 Å². The maximum absolute atomic E-state index is 13.7. The lowest BCUT2D eigenvalue weighted by Crippen LogP contribution is -2.41. The topological polar surface area (TPSA) is 49.4 Å². The van der Waals surface area contributed by atoms with Crippen LogP contribution >= 0.6 is 0 Å². The van der Waals surface area contributed by atoms with Crippen molar-refractivity contribution in [2.24, 2.45) is 0 Å². The smallest absolute Gasteiger partial charge is 0.246 e. The highest BCUT2D eigenvalue weighted by atomic mass is 32.2. The molecular formula is C13H19FN2O2S. The number of benzene rings is 1. The third-order valence-electron chi connectivity index (χ3n) is 3.39. The van der Waals surface area contributed by atoms with E-state index in [0.717, 1.165) is 19.4 Å². The third-order valence-corrected chi connectivity index (χ3v) is 5.37. The summed E-state index contributed by atoms with van der Waals surface area (Å²) >= 11 is 0. The summed E-state index contributed by atoms with van der Waals surface area (Å²) in [6, 6.07) is 5.69. The zero-order valence-electron chi connectivity index (χ0n) is 11.0. The predicted octanol–water partition coefficient (Wildman–Crippen LogP) is 1.59. The highest BCUT2D eigenvalue weighted by Gasteiger charge is 2.29. The Morgan fingerprint density at radius 3 is 2.74 bits per heavy atom. The van der Waals surface area contributed by atoms with Crippen LogP contribution < -0.4 is 5.32 Å². The SMILES string of the molecule is CCN(CC1CCCN1)S(=O)(=O)c1ccccc1F. The predicted molar refractivity (Wildman–Crippen MR) is 71.9 cm³/mol. The molecule has 106 valence electrons. The number of rotatable bonds is 5. The molecule has 1 aliphatic heterocycles. The number of hydrogen-bond donors (Lipinski definition) is 1. The molecule has 1 aromatic carbocycles. The molecule has 1 aliphatic rings. The average Bonchev–Trinajstić information content (AvgIpc) is 2.89. The van der Waals surface area contributed by atoms with Crippen LogP contribution in [-0.2, 0) is 10.0 Å². The van der Waals surface area contributed by atoms with Gasteiger partial charge in [0, 0.05) is 19.1 Å². The largest absolute Gasteiger partial charge is 0.313 e. The van der Waals surface area contributed by atoms with Gasteiger partial charge in [0.25, 0.3) is 0 Å². The van der Waals surface area contributed by atoms with Gasteiger partial charge in [0.2, 0.25) is 10.0 Å². The van der Waals surface area contributed by atoms with E-state index in [1.54, 1.807) is 6.92 Å². The van der Waals surface area contributed by atoms with Gasteiger partial charge in [-0.2, -0.15) is 4.31 Å². The van der Waals surface area contributed by atoms with Crippen molar-refractivity contribution in [1.29, 1.82) is 0 Å². The Balaban J connectivity index is 2.23. The van der Waals surface area contributed by atoms with E-state index < -0.39 is 15.8 Å². The van der Waals surface area contributed by atoms with E-state index in [4.69, 9.17) is 0 Å². The van der Waals surface area contributed by atoms with Crippen LogP contribution in [0.3, 0.4) is 0 Å². The van der Waals surface area contributed by atoms with Gasteiger partial charge < -0.3 is 5.32 Å². The van der Waals surface area contributed by atoms with Crippen molar-refractivity contribution in [3.63, 3.8) is 0 Å². The normalized spacial score (nSPS) is 20.1. The highest BCUT2D eigenvalue weighted by molar-refractivity contribution is 7.89. The van der Waals surface area contributed by atoms with E-state index in [1.807, 2.05) is 0 Å². The molecule has 1 aromatic rings. The lowest BCUT2D eigenvalue weighted by molar-refractivity contribution is 0.380. The van der Waals surface area contributed by atoms with E-state index in [0.29, 0.717) is 13.1 Å². The zero-order chi connectivity index (χ0) is 13.9. The number of likely N-dealkylation sites (N-methyl/N-ethyl adjacent to an activating group) is 1. The molecule has 2 rings (SSSR count). The van der Waals surface area contributed by atoms with Gasteiger partial charge in [0.05, 0.1) is 0 Å². The first-order valence-corrected chi connectivity index (χ1v) is 7.97. The average molecular weight is 286 g/mol. The summed E-state index contributed by atoms with van der Waals surface area (Å²) < 4.78 is 39.9. The number of nitrogens with zero attached hydrogens (tertiary/aromatic N) is 1. The summed E-state index contributed by atoms with van der Waals surface area (Å²) in [5, 5.41) is 3.26. The quantitative estimate of drug-likeness (QED) is 0.894. The van der Waals surface area contributed by atoms with Crippen molar-refractivity contribution in [2.45, 2.75) is 30.7 Å². The summed E-state index contributed by atoms with van der Waals surface area (Å²) in [7, 11) is -3.75. The van der Waals surface area contributed by atoms with Gasteiger partial charge in [0.1, 0.15) is 10.7 Å². The first-order valence-electron chi connectivity index (χ1n) is 6.53. The second kappa shape index (κ2) is 5.98. The molecular weight excluding hydrogens is 267 g/mol. The van der Waals surface area contributed by atoms with Gasteiger partial charge >= 0.3 is 0 Å². The van der Waals surface area contributed by atoms with Gasteiger partial charge in [-0.25, -0.2) is 12.8 Å². The number of nitrogens with one attached hydrogen (secondary N) is 1. The van der Waals surface area contributed by atoms with E-state index in [9.17, 15) is 12.8 Å². The summed E-state index contributed by atoms with van der Waals surface area (Å²) in [5.74, 6) is -0.694.